The molecule has 7 heteroatoms. The maximum Gasteiger partial charge on any atom is 0.335 e. The number of amides is 2. The number of nitrogens with zero attached hydrogens (tertiary/aromatic N) is 1. The van der Waals surface area contributed by atoms with Gasteiger partial charge in [-0.1, -0.05) is 18.2 Å². The predicted octanol–water partition coefficient (Wildman–Crippen LogP) is 1.57. The number of esters is 1. The molecule has 0 radical (unpaired) electrons. The van der Waals surface area contributed by atoms with Crippen LogP contribution in [0.3, 0.4) is 0 Å². The topological polar surface area (TPSA) is 84.9 Å². The normalized spacial score (nSPS) is 18.5. The van der Waals surface area contributed by atoms with Crippen LogP contribution in [0.25, 0.3) is 0 Å². The van der Waals surface area contributed by atoms with E-state index in [9.17, 15) is 14.4 Å². The molecule has 1 N–H and O–H groups in total. The number of para-hydroxylation sites is 1. The molecule has 0 bridgehead atoms. The fourth-order valence-electron chi connectivity index (χ4n) is 3.77. The van der Waals surface area contributed by atoms with Gasteiger partial charge in [0.15, 0.2) is 0 Å². The molecule has 144 valence electrons. The van der Waals surface area contributed by atoms with Gasteiger partial charge >= 0.3 is 5.97 Å². The lowest BCUT2D eigenvalue weighted by molar-refractivity contribution is -0.152. The van der Waals surface area contributed by atoms with Gasteiger partial charge in [-0.2, -0.15) is 0 Å². The Morgan fingerprint density at radius 3 is 2.56 bits per heavy atom. The molecule has 0 atom stereocenters. The predicted molar refractivity (Wildman–Crippen MR) is 97.9 cm³/mol. The third-order valence-corrected chi connectivity index (χ3v) is 5.30. The van der Waals surface area contributed by atoms with Crippen molar-refractivity contribution in [1.82, 2.24) is 10.2 Å². The quantitative estimate of drug-likeness (QED) is 0.811. The molecule has 2 heterocycles. The molecule has 0 unspecified atom stereocenters. The van der Waals surface area contributed by atoms with Crippen molar-refractivity contribution >= 4 is 17.8 Å². The van der Waals surface area contributed by atoms with E-state index < -0.39 is 11.6 Å². The molecule has 3 rings (SSSR count). The molecule has 1 aromatic carbocycles. The Bertz CT molecular complexity index is 806. The van der Waals surface area contributed by atoms with Gasteiger partial charge in [0.25, 0.3) is 5.91 Å². The molecule has 2 aliphatic rings. The van der Waals surface area contributed by atoms with Crippen molar-refractivity contribution in [2.45, 2.75) is 38.8 Å². The maximum atomic E-state index is 12.9. The highest BCUT2D eigenvalue weighted by Crippen LogP contribution is 2.41. The number of carbonyl (C=O) groups excluding carboxylic acids is 3. The molecule has 0 aromatic heterocycles. The van der Waals surface area contributed by atoms with Gasteiger partial charge in [0.2, 0.25) is 5.91 Å². The summed E-state index contributed by atoms with van der Waals surface area (Å²) in [5.41, 5.74) is 0.615. The number of likely N-dealkylation sites (tertiary alicyclic amines) is 1. The molecule has 0 saturated carbocycles. The summed E-state index contributed by atoms with van der Waals surface area (Å²) in [6.45, 7) is 4.33. The van der Waals surface area contributed by atoms with Crippen LogP contribution in [0, 0.1) is 0 Å². The van der Waals surface area contributed by atoms with Gasteiger partial charge in [-0.3, -0.25) is 9.59 Å². The molecule has 1 fully saturated rings. The minimum Gasteiger partial charge on any atom is -0.496 e. The Morgan fingerprint density at radius 1 is 1.26 bits per heavy atom. The molecular formula is C20H24N2O5. The Kier molecular flexibility index (Phi) is 5.21. The zero-order valence-corrected chi connectivity index (χ0v) is 15.8. The Morgan fingerprint density at radius 2 is 1.93 bits per heavy atom. The summed E-state index contributed by atoms with van der Waals surface area (Å²) in [5.74, 6) is -0.113. The van der Waals surface area contributed by atoms with Crippen molar-refractivity contribution in [3.05, 3.63) is 41.0 Å². The van der Waals surface area contributed by atoms with Crippen LogP contribution in [0.4, 0.5) is 0 Å². The van der Waals surface area contributed by atoms with Crippen molar-refractivity contribution in [2.24, 2.45) is 0 Å². The van der Waals surface area contributed by atoms with Crippen LogP contribution in [-0.4, -0.2) is 48.5 Å². The third kappa shape index (κ3) is 3.54. The number of hydrogen-bond acceptors (Lipinski definition) is 5. The smallest absolute Gasteiger partial charge is 0.335 e. The highest BCUT2D eigenvalue weighted by molar-refractivity contribution is 6.07. The van der Waals surface area contributed by atoms with Gasteiger partial charge in [0.1, 0.15) is 11.4 Å². The van der Waals surface area contributed by atoms with Crippen LogP contribution in [0.2, 0.25) is 0 Å². The van der Waals surface area contributed by atoms with Crippen molar-refractivity contribution in [3.8, 4) is 5.75 Å². The van der Waals surface area contributed by atoms with Gasteiger partial charge in [0.05, 0.1) is 12.7 Å². The molecular weight excluding hydrogens is 348 g/mol. The number of benzene rings is 1. The molecule has 27 heavy (non-hydrogen) atoms. The van der Waals surface area contributed by atoms with Gasteiger partial charge in [-0.15, -0.1) is 0 Å². The average molecular weight is 372 g/mol. The van der Waals surface area contributed by atoms with E-state index in [2.05, 4.69) is 5.32 Å². The summed E-state index contributed by atoms with van der Waals surface area (Å²) in [6, 6.07) is 7.43. The lowest BCUT2D eigenvalue weighted by Gasteiger charge is -2.39. The first-order valence-corrected chi connectivity index (χ1v) is 8.98. The first kappa shape index (κ1) is 18.9. The molecule has 2 aliphatic heterocycles. The summed E-state index contributed by atoms with van der Waals surface area (Å²) in [5, 5.41) is 2.88. The largest absolute Gasteiger partial charge is 0.496 e. The Hall–Kier alpha value is -2.83. The van der Waals surface area contributed by atoms with Crippen molar-refractivity contribution < 1.29 is 23.9 Å². The summed E-state index contributed by atoms with van der Waals surface area (Å²) in [6.07, 6.45) is 0.847. The van der Waals surface area contributed by atoms with Crippen LogP contribution in [-0.2, 0) is 25.7 Å². The number of ether oxygens (including phenoxy) is 2. The van der Waals surface area contributed by atoms with E-state index >= 15 is 0 Å². The number of piperidine rings is 1. The van der Waals surface area contributed by atoms with E-state index in [1.54, 1.807) is 18.9 Å². The van der Waals surface area contributed by atoms with Gasteiger partial charge in [-0.25, -0.2) is 4.79 Å². The van der Waals surface area contributed by atoms with Crippen molar-refractivity contribution in [3.63, 3.8) is 0 Å². The summed E-state index contributed by atoms with van der Waals surface area (Å²) in [7, 11) is 1.58. The molecule has 7 nitrogen and oxygen atoms in total. The van der Waals surface area contributed by atoms with E-state index in [0.717, 1.165) is 5.56 Å². The van der Waals surface area contributed by atoms with E-state index in [1.165, 1.54) is 6.92 Å². The summed E-state index contributed by atoms with van der Waals surface area (Å²) in [4.78, 5) is 38.4. The lowest BCUT2D eigenvalue weighted by Crippen LogP contribution is -2.49. The average Bonchev–Trinajstić information content (AvgIpc) is 2.90. The fraction of sp³-hybridized carbons (Fsp3) is 0.450. The monoisotopic (exact) mass is 372 g/mol. The maximum absolute atomic E-state index is 12.9. The third-order valence-electron chi connectivity index (χ3n) is 5.30. The number of methoxy groups -OCH3 is 1. The minimum atomic E-state index is -0.946. The standard InChI is InChI=1S/C20H24N2O5/c1-13-17(18(24)21-12-15-6-4-5-7-16(15)26-3)20(27-19(13)25)8-10-22(11-9-20)14(2)23/h4-7H,8-12H2,1-3H3,(H,21,24). The number of hydrogen-bond donors (Lipinski definition) is 1. The summed E-state index contributed by atoms with van der Waals surface area (Å²) < 4.78 is 10.9. The zero-order chi connectivity index (χ0) is 19.6. The number of rotatable bonds is 4. The number of nitrogens with one attached hydrogen (secondary N) is 1. The molecule has 1 spiro atoms. The molecule has 0 aliphatic carbocycles. The fourth-order valence-corrected chi connectivity index (χ4v) is 3.77. The van der Waals surface area contributed by atoms with Gasteiger partial charge in [0, 0.05) is 50.5 Å². The van der Waals surface area contributed by atoms with Crippen LogP contribution in [0.5, 0.6) is 5.75 Å². The van der Waals surface area contributed by atoms with Crippen LogP contribution in [0.1, 0.15) is 32.3 Å². The second kappa shape index (κ2) is 7.42. The molecule has 1 aromatic rings. The molecule has 1 saturated heterocycles. The first-order chi connectivity index (χ1) is 12.9. The first-order valence-electron chi connectivity index (χ1n) is 8.98. The Balaban J connectivity index is 1.77. The second-order valence-electron chi connectivity index (χ2n) is 6.88. The highest BCUT2D eigenvalue weighted by Gasteiger charge is 2.51. The number of carbonyl (C=O) groups is 3. The van der Waals surface area contributed by atoms with Gasteiger partial charge in [-0.05, 0) is 13.0 Å². The second-order valence-corrected chi connectivity index (χ2v) is 6.88. The van der Waals surface area contributed by atoms with E-state index in [-0.39, 0.29) is 18.4 Å². The van der Waals surface area contributed by atoms with Gasteiger partial charge < -0.3 is 19.7 Å². The molecule has 2 amide bonds. The van der Waals surface area contributed by atoms with E-state index in [0.29, 0.717) is 42.8 Å². The lowest BCUT2D eigenvalue weighted by atomic mass is 9.82. The SMILES string of the molecule is COc1ccccc1CNC(=O)C1=C(C)C(=O)OC12CCN(C(C)=O)CC2. The summed E-state index contributed by atoms with van der Waals surface area (Å²) >= 11 is 0. The zero-order valence-electron chi connectivity index (χ0n) is 15.8. The highest BCUT2D eigenvalue weighted by atomic mass is 16.6. The van der Waals surface area contributed by atoms with Crippen LogP contribution in [0.15, 0.2) is 35.4 Å². The van der Waals surface area contributed by atoms with Crippen LogP contribution < -0.4 is 10.1 Å². The van der Waals surface area contributed by atoms with E-state index in [4.69, 9.17) is 9.47 Å². The van der Waals surface area contributed by atoms with Crippen LogP contribution >= 0.6 is 0 Å². The Labute approximate surface area is 158 Å². The minimum absolute atomic E-state index is 0.0166. The van der Waals surface area contributed by atoms with Crippen molar-refractivity contribution in [2.75, 3.05) is 20.2 Å². The van der Waals surface area contributed by atoms with E-state index in [1.807, 2.05) is 24.3 Å². The van der Waals surface area contributed by atoms with Crippen molar-refractivity contribution in [1.29, 1.82) is 0 Å².